The van der Waals surface area contributed by atoms with Gasteiger partial charge in [0, 0.05) is 23.7 Å². The molecule has 0 bridgehead atoms. The maximum atomic E-state index is 13.9. The standard InChI is InChI=1S/C26H24N2O4S2/c1-18-9-11-20(12-10-18)27-26(29)24-25(23(17-33-24)19-7-5-4-6-8-19)34(30,31)28(2)21-13-15-22(32-3)16-14-21/h4-17H,1-3H3,(H,27,29). The lowest BCUT2D eigenvalue weighted by molar-refractivity contribution is 0.102. The first-order valence-corrected chi connectivity index (χ1v) is 12.8. The van der Waals surface area contributed by atoms with Gasteiger partial charge in [0.15, 0.2) is 0 Å². The second kappa shape index (κ2) is 9.70. The van der Waals surface area contributed by atoms with Crippen LogP contribution in [-0.2, 0) is 10.0 Å². The molecule has 1 amide bonds. The van der Waals surface area contributed by atoms with Gasteiger partial charge in [-0.1, -0.05) is 48.0 Å². The Kier molecular flexibility index (Phi) is 6.72. The number of nitrogens with one attached hydrogen (secondary N) is 1. The van der Waals surface area contributed by atoms with Crippen LogP contribution in [-0.4, -0.2) is 28.5 Å². The van der Waals surface area contributed by atoms with E-state index in [9.17, 15) is 13.2 Å². The van der Waals surface area contributed by atoms with Crippen LogP contribution in [0.3, 0.4) is 0 Å². The Morgan fingerprint density at radius 2 is 1.59 bits per heavy atom. The van der Waals surface area contributed by atoms with Gasteiger partial charge in [-0.05, 0) is 48.9 Å². The molecule has 3 aromatic carbocycles. The third-order valence-corrected chi connectivity index (χ3v) is 8.38. The van der Waals surface area contributed by atoms with Crippen molar-refractivity contribution in [1.82, 2.24) is 0 Å². The summed E-state index contributed by atoms with van der Waals surface area (Å²) in [7, 11) is -1.05. The van der Waals surface area contributed by atoms with Crippen LogP contribution in [0, 0.1) is 6.92 Å². The molecule has 0 aliphatic carbocycles. The zero-order valence-corrected chi connectivity index (χ0v) is 20.6. The first kappa shape index (κ1) is 23.5. The minimum absolute atomic E-state index is 0.0216. The zero-order valence-electron chi connectivity index (χ0n) is 19.0. The van der Waals surface area contributed by atoms with Gasteiger partial charge in [-0.2, -0.15) is 0 Å². The Bertz CT molecular complexity index is 1400. The highest BCUT2D eigenvalue weighted by molar-refractivity contribution is 7.93. The average Bonchev–Trinajstić information content (AvgIpc) is 3.32. The molecule has 0 aliphatic rings. The van der Waals surface area contributed by atoms with Gasteiger partial charge in [-0.3, -0.25) is 9.10 Å². The lowest BCUT2D eigenvalue weighted by Crippen LogP contribution is -2.28. The predicted octanol–water partition coefficient (Wildman–Crippen LogP) is 5.81. The Balaban J connectivity index is 1.80. The molecule has 1 aromatic heterocycles. The van der Waals surface area contributed by atoms with E-state index in [-0.39, 0.29) is 9.77 Å². The monoisotopic (exact) mass is 492 g/mol. The molecule has 174 valence electrons. The molecule has 0 radical (unpaired) electrons. The maximum Gasteiger partial charge on any atom is 0.267 e. The molecule has 0 spiro atoms. The van der Waals surface area contributed by atoms with E-state index in [1.807, 2.05) is 49.4 Å². The number of ether oxygens (including phenoxy) is 1. The van der Waals surface area contributed by atoms with Crippen molar-refractivity contribution in [1.29, 1.82) is 0 Å². The van der Waals surface area contributed by atoms with Gasteiger partial charge in [-0.15, -0.1) is 11.3 Å². The predicted molar refractivity (Wildman–Crippen MR) is 137 cm³/mol. The van der Waals surface area contributed by atoms with Crippen LogP contribution in [0.15, 0.2) is 89.1 Å². The van der Waals surface area contributed by atoms with Crippen LogP contribution < -0.4 is 14.4 Å². The zero-order chi connectivity index (χ0) is 24.3. The minimum Gasteiger partial charge on any atom is -0.497 e. The number of methoxy groups -OCH3 is 1. The van der Waals surface area contributed by atoms with Crippen LogP contribution in [0.25, 0.3) is 11.1 Å². The number of hydrogen-bond donors (Lipinski definition) is 1. The maximum absolute atomic E-state index is 13.9. The van der Waals surface area contributed by atoms with Gasteiger partial charge in [-0.25, -0.2) is 8.42 Å². The van der Waals surface area contributed by atoms with Crippen molar-refractivity contribution in [3.63, 3.8) is 0 Å². The van der Waals surface area contributed by atoms with Gasteiger partial charge >= 0.3 is 0 Å². The highest BCUT2D eigenvalue weighted by Crippen LogP contribution is 2.38. The molecule has 6 nitrogen and oxygen atoms in total. The number of benzene rings is 3. The molecule has 1 N–H and O–H groups in total. The van der Waals surface area contributed by atoms with Crippen molar-refractivity contribution >= 4 is 38.6 Å². The molecule has 0 saturated heterocycles. The minimum atomic E-state index is -4.08. The summed E-state index contributed by atoms with van der Waals surface area (Å²) in [5.74, 6) is 0.144. The van der Waals surface area contributed by atoms with E-state index in [0.29, 0.717) is 22.7 Å². The highest BCUT2D eigenvalue weighted by atomic mass is 32.2. The first-order chi connectivity index (χ1) is 16.3. The molecule has 0 saturated carbocycles. The number of carbonyl (C=O) groups is 1. The summed E-state index contributed by atoms with van der Waals surface area (Å²) >= 11 is 1.11. The average molecular weight is 493 g/mol. The van der Waals surface area contributed by atoms with E-state index in [2.05, 4.69) is 5.32 Å². The summed E-state index contributed by atoms with van der Waals surface area (Å²) in [5.41, 5.74) is 3.31. The summed E-state index contributed by atoms with van der Waals surface area (Å²) in [6.45, 7) is 1.96. The molecule has 1 heterocycles. The number of rotatable bonds is 7. The first-order valence-electron chi connectivity index (χ1n) is 10.5. The summed E-state index contributed by atoms with van der Waals surface area (Å²) in [5, 5.41) is 4.54. The van der Waals surface area contributed by atoms with Crippen molar-refractivity contribution < 1.29 is 17.9 Å². The number of anilines is 2. The van der Waals surface area contributed by atoms with Crippen LogP contribution in [0.2, 0.25) is 0 Å². The largest absolute Gasteiger partial charge is 0.497 e. The third kappa shape index (κ3) is 4.69. The fourth-order valence-electron chi connectivity index (χ4n) is 3.47. The molecule has 8 heteroatoms. The van der Waals surface area contributed by atoms with Crippen LogP contribution in [0.4, 0.5) is 11.4 Å². The number of nitrogens with zero attached hydrogens (tertiary/aromatic N) is 1. The van der Waals surface area contributed by atoms with Gasteiger partial charge in [0.25, 0.3) is 15.9 Å². The molecular weight excluding hydrogens is 468 g/mol. The van der Waals surface area contributed by atoms with E-state index in [0.717, 1.165) is 22.5 Å². The summed E-state index contributed by atoms with van der Waals surface area (Å²) in [6, 6.07) is 23.2. The number of carbonyl (C=O) groups excluding carboxylic acids is 1. The molecule has 0 aliphatic heterocycles. The van der Waals surface area contributed by atoms with Gasteiger partial charge in [0.2, 0.25) is 0 Å². The molecule has 34 heavy (non-hydrogen) atoms. The number of hydrogen-bond acceptors (Lipinski definition) is 5. The van der Waals surface area contributed by atoms with Crippen LogP contribution in [0.1, 0.15) is 15.2 Å². The van der Waals surface area contributed by atoms with Crippen LogP contribution in [0.5, 0.6) is 5.75 Å². The van der Waals surface area contributed by atoms with Gasteiger partial charge in [0.1, 0.15) is 15.5 Å². The molecule has 4 rings (SSSR count). The number of aryl methyl sites for hydroxylation is 1. The molecule has 0 unspecified atom stereocenters. The molecule has 0 fully saturated rings. The second-order valence-electron chi connectivity index (χ2n) is 7.66. The molecule has 4 aromatic rings. The van der Waals surface area contributed by atoms with E-state index in [4.69, 9.17) is 4.74 Å². The lowest BCUT2D eigenvalue weighted by Gasteiger charge is -2.21. The van der Waals surface area contributed by atoms with Crippen molar-refractivity contribution in [3.05, 3.63) is 94.7 Å². The van der Waals surface area contributed by atoms with Gasteiger partial charge < -0.3 is 10.1 Å². The Hall–Kier alpha value is -3.62. The van der Waals surface area contributed by atoms with E-state index in [1.165, 1.54) is 11.4 Å². The van der Waals surface area contributed by atoms with Crippen molar-refractivity contribution in [2.24, 2.45) is 0 Å². The Morgan fingerprint density at radius 1 is 0.941 bits per heavy atom. The third-order valence-electron chi connectivity index (χ3n) is 5.40. The van der Waals surface area contributed by atoms with E-state index in [1.54, 1.807) is 48.9 Å². The fourth-order valence-corrected chi connectivity index (χ4v) is 6.32. The highest BCUT2D eigenvalue weighted by Gasteiger charge is 2.32. The normalized spacial score (nSPS) is 11.1. The van der Waals surface area contributed by atoms with Crippen molar-refractivity contribution in [2.75, 3.05) is 23.8 Å². The summed E-state index contributed by atoms with van der Waals surface area (Å²) in [4.78, 5) is 13.4. The SMILES string of the molecule is COc1ccc(N(C)S(=O)(=O)c2c(-c3ccccc3)csc2C(=O)Nc2ccc(C)cc2)cc1. The lowest BCUT2D eigenvalue weighted by atomic mass is 10.1. The summed E-state index contributed by atoms with van der Waals surface area (Å²) < 4.78 is 34.1. The van der Waals surface area contributed by atoms with Gasteiger partial charge in [0.05, 0.1) is 12.8 Å². The summed E-state index contributed by atoms with van der Waals surface area (Å²) in [6.07, 6.45) is 0. The van der Waals surface area contributed by atoms with Crippen LogP contribution >= 0.6 is 11.3 Å². The van der Waals surface area contributed by atoms with Crippen molar-refractivity contribution in [2.45, 2.75) is 11.8 Å². The van der Waals surface area contributed by atoms with E-state index >= 15 is 0 Å². The number of sulfonamides is 1. The second-order valence-corrected chi connectivity index (χ2v) is 10.5. The molecule has 0 atom stereocenters. The Labute approximate surface area is 203 Å². The van der Waals surface area contributed by atoms with Crippen molar-refractivity contribution in [3.8, 4) is 16.9 Å². The smallest absolute Gasteiger partial charge is 0.267 e. The fraction of sp³-hybridized carbons (Fsp3) is 0.115. The quantitative estimate of drug-likeness (QED) is 0.353. The Morgan fingerprint density at radius 3 is 2.21 bits per heavy atom. The molecular formula is C26H24N2O4S2. The topological polar surface area (TPSA) is 75.7 Å². The number of amides is 1. The number of thiophene rings is 1. The van der Waals surface area contributed by atoms with E-state index < -0.39 is 15.9 Å².